The number of nitrogens with one attached hydrogen (secondary N) is 2. The van der Waals surface area contributed by atoms with Crippen molar-refractivity contribution in [1.82, 2.24) is 9.97 Å². The zero-order valence-corrected chi connectivity index (χ0v) is 11.7. The van der Waals surface area contributed by atoms with Crippen LogP contribution in [0.5, 0.6) is 0 Å². The van der Waals surface area contributed by atoms with E-state index in [0.29, 0.717) is 6.04 Å². The molecule has 0 amide bonds. The Kier molecular flexibility index (Phi) is 5.07. The molecule has 1 saturated heterocycles. The Balaban J connectivity index is 2.07. The standard InChI is InChI=1S/C12H20N4OS/c1-3-13-10-8-11(16-12(15-10)18-2)14-9-4-6-17-7-5-9/h8-9H,3-7H2,1-2H3,(H2,13,14,15,16). The van der Waals surface area contributed by atoms with E-state index in [-0.39, 0.29) is 0 Å². The van der Waals surface area contributed by atoms with Gasteiger partial charge in [-0.1, -0.05) is 11.8 Å². The number of anilines is 2. The zero-order chi connectivity index (χ0) is 12.8. The predicted octanol–water partition coefficient (Wildman–Crippen LogP) is 2.22. The van der Waals surface area contributed by atoms with Crippen molar-refractivity contribution in [3.8, 4) is 0 Å². The van der Waals surface area contributed by atoms with Crippen LogP contribution < -0.4 is 10.6 Å². The Labute approximate surface area is 112 Å². The molecule has 2 heterocycles. The molecule has 0 saturated carbocycles. The van der Waals surface area contributed by atoms with E-state index in [1.807, 2.05) is 12.3 Å². The van der Waals surface area contributed by atoms with Gasteiger partial charge in [0, 0.05) is 31.9 Å². The first kappa shape index (κ1) is 13.4. The van der Waals surface area contributed by atoms with Gasteiger partial charge in [-0.15, -0.1) is 0 Å². The first-order valence-corrected chi connectivity index (χ1v) is 7.55. The molecule has 0 bridgehead atoms. The number of hydrogen-bond donors (Lipinski definition) is 2. The average molecular weight is 268 g/mol. The summed E-state index contributed by atoms with van der Waals surface area (Å²) in [6.07, 6.45) is 4.06. The monoisotopic (exact) mass is 268 g/mol. The quantitative estimate of drug-likeness (QED) is 0.631. The smallest absolute Gasteiger partial charge is 0.191 e. The highest BCUT2D eigenvalue weighted by Gasteiger charge is 2.14. The average Bonchev–Trinajstić information content (AvgIpc) is 2.40. The van der Waals surface area contributed by atoms with Crippen molar-refractivity contribution in [2.24, 2.45) is 0 Å². The van der Waals surface area contributed by atoms with Crippen molar-refractivity contribution in [1.29, 1.82) is 0 Å². The van der Waals surface area contributed by atoms with Crippen LogP contribution in [-0.2, 0) is 4.74 Å². The summed E-state index contributed by atoms with van der Waals surface area (Å²) in [5.74, 6) is 1.78. The van der Waals surface area contributed by atoms with E-state index >= 15 is 0 Å². The summed E-state index contributed by atoms with van der Waals surface area (Å²) in [4.78, 5) is 8.90. The van der Waals surface area contributed by atoms with Crippen LogP contribution in [0.3, 0.4) is 0 Å². The van der Waals surface area contributed by atoms with Gasteiger partial charge in [-0.3, -0.25) is 0 Å². The molecule has 2 rings (SSSR count). The van der Waals surface area contributed by atoms with Gasteiger partial charge in [0.25, 0.3) is 0 Å². The third-order valence-electron chi connectivity index (χ3n) is 2.82. The second kappa shape index (κ2) is 6.80. The molecule has 1 aliphatic rings. The molecule has 1 aromatic rings. The maximum absolute atomic E-state index is 5.36. The van der Waals surface area contributed by atoms with Crippen LogP contribution in [0.25, 0.3) is 0 Å². The maximum Gasteiger partial charge on any atom is 0.191 e. The van der Waals surface area contributed by atoms with Crippen LogP contribution in [0.4, 0.5) is 11.6 Å². The van der Waals surface area contributed by atoms with Crippen molar-refractivity contribution < 1.29 is 4.74 Å². The minimum absolute atomic E-state index is 0.456. The molecule has 0 radical (unpaired) electrons. The molecule has 100 valence electrons. The molecule has 1 aromatic heterocycles. The lowest BCUT2D eigenvalue weighted by atomic mass is 10.1. The van der Waals surface area contributed by atoms with Gasteiger partial charge in [0.15, 0.2) is 5.16 Å². The van der Waals surface area contributed by atoms with Gasteiger partial charge in [-0.2, -0.15) is 0 Å². The normalized spacial score (nSPS) is 16.6. The molecule has 1 fully saturated rings. The third kappa shape index (κ3) is 3.74. The minimum atomic E-state index is 0.456. The lowest BCUT2D eigenvalue weighted by Crippen LogP contribution is -2.28. The molecule has 5 nitrogen and oxygen atoms in total. The molecule has 0 unspecified atom stereocenters. The second-order valence-electron chi connectivity index (χ2n) is 4.19. The number of aromatic nitrogens is 2. The minimum Gasteiger partial charge on any atom is -0.381 e. The lowest BCUT2D eigenvalue weighted by molar-refractivity contribution is 0.0904. The van der Waals surface area contributed by atoms with Crippen LogP contribution in [0, 0.1) is 0 Å². The van der Waals surface area contributed by atoms with E-state index in [1.54, 1.807) is 11.8 Å². The first-order chi connectivity index (χ1) is 8.81. The number of thioether (sulfide) groups is 1. The van der Waals surface area contributed by atoms with Gasteiger partial charge in [0.1, 0.15) is 11.6 Å². The van der Waals surface area contributed by atoms with E-state index in [0.717, 1.165) is 49.4 Å². The van der Waals surface area contributed by atoms with Gasteiger partial charge < -0.3 is 15.4 Å². The predicted molar refractivity (Wildman–Crippen MR) is 75.4 cm³/mol. The number of nitrogens with zero attached hydrogens (tertiary/aromatic N) is 2. The van der Waals surface area contributed by atoms with Gasteiger partial charge >= 0.3 is 0 Å². The third-order valence-corrected chi connectivity index (χ3v) is 3.37. The molecule has 6 heteroatoms. The summed E-state index contributed by atoms with van der Waals surface area (Å²) in [5, 5.41) is 7.50. The Hall–Kier alpha value is -1.01. The van der Waals surface area contributed by atoms with Crippen LogP contribution in [-0.4, -0.2) is 42.0 Å². The van der Waals surface area contributed by atoms with E-state index < -0.39 is 0 Å². The Morgan fingerprint density at radius 1 is 1.33 bits per heavy atom. The van der Waals surface area contributed by atoms with Gasteiger partial charge in [0.2, 0.25) is 0 Å². The molecule has 1 aliphatic heterocycles. The van der Waals surface area contributed by atoms with Crippen molar-refractivity contribution in [2.45, 2.75) is 31.0 Å². The summed E-state index contributed by atoms with van der Waals surface area (Å²) < 4.78 is 5.36. The van der Waals surface area contributed by atoms with Crippen LogP contribution in [0.1, 0.15) is 19.8 Å². The topological polar surface area (TPSA) is 59.1 Å². The van der Waals surface area contributed by atoms with Crippen molar-refractivity contribution in [3.63, 3.8) is 0 Å². The second-order valence-corrected chi connectivity index (χ2v) is 4.96. The highest BCUT2D eigenvalue weighted by molar-refractivity contribution is 7.98. The largest absolute Gasteiger partial charge is 0.381 e. The molecule has 0 spiro atoms. The fourth-order valence-corrected chi connectivity index (χ4v) is 2.29. The maximum atomic E-state index is 5.36. The Bertz CT molecular complexity index is 382. The first-order valence-electron chi connectivity index (χ1n) is 6.33. The molecule has 2 N–H and O–H groups in total. The highest BCUT2D eigenvalue weighted by atomic mass is 32.2. The van der Waals surface area contributed by atoms with Crippen molar-refractivity contribution >= 4 is 23.4 Å². The molecule has 0 aromatic carbocycles. The molecule has 18 heavy (non-hydrogen) atoms. The fourth-order valence-electron chi connectivity index (χ4n) is 1.91. The zero-order valence-electron chi connectivity index (χ0n) is 10.9. The lowest BCUT2D eigenvalue weighted by Gasteiger charge is -2.23. The van der Waals surface area contributed by atoms with Gasteiger partial charge in [-0.25, -0.2) is 9.97 Å². The van der Waals surface area contributed by atoms with E-state index in [1.165, 1.54) is 0 Å². The summed E-state index contributed by atoms with van der Waals surface area (Å²) in [5.41, 5.74) is 0. The fraction of sp³-hybridized carbons (Fsp3) is 0.667. The van der Waals surface area contributed by atoms with E-state index in [4.69, 9.17) is 4.74 Å². The van der Waals surface area contributed by atoms with Crippen molar-refractivity contribution in [2.75, 3.05) is 36.6 Å². The van der Waals surface area contributed by atoms with Crippen molar-refractivity contribution in [3.05, 3.63) is 6.07 Å². The number of ether oxygens (including phenoxy) is 1. The Morgan fingerprint density at radius 3 is 2.72 bits per heavy atom. The number of hydrogen-bond acceptors (Lipinski definition) is 6. The highest BCUT2D eigenvalue weighted by Crippen LogP contribution is 2.19. The molecule has 0 atom stereocenters. The van der Waals surface area contributed by atoms with Gasteiger partial charge in [-0.05, 0) is 26.0 Å². The van der Waals surface area contributed by atoms with E-state index in [9.17, 15) is 0 Å². The van der Waals surface area contributed by atoms with E-state index in [2.05, 4.69) is 27.5 Å². The van der Waals surface area contributed by atoms with Gasteiger partial charge in [0.05, 0.1) is 0 Å². The summed E-state index contributed by atoms with van der Waals surface area (Å²) >= 11 is 1.56. The molecule has 0 aliphatic carbocycles. The summed E-state index contributed by atoms with van der Waals surface area (Å²) in [6.45, 7) is 4.59. The SMILES string of the molecule is CCNc1cc(NC2CCOCC2)nc(SC)n1. The number of rotatable bonds is 5. The Morgan fingerprint density at radius 2 is 2.06 bits per heavy atom. The summed E-state index contributed by atoms with van der Waals surface area (Å²) in [6, 6.07) is 2.43. The van der Waals surface area contributed by atoms with Crippen LogP contribution in [0.15, 0.2) is 11.2 Å². The molecular weight excluding hydrogens is 248 g/mol. The summed E-state index contributed by atoms with van der Waals surface area (Å²) in [7, 11) is 0. The molecular formula is C12H20N4OS. The van der Waals surface area contributed by atoms with Crippen LogP contribution in [0.2, 0.25) is 0 Å². The van der Waals surface area contributed by atoms with Crippen LogP contribution >= 0.6 is 11.8 Å².